The van der Waals surface area contributed by atoms with E-state index in [9.17, 15) is 4.79 Å². The highest BCUT2D eigenvalue weighted by Gasteiger charge is 2.22. The van der Waals surface area contributed by atoms with E-state index >= 15 is 0 Å². The van der Waals surface area contributed by atoms with Gasteiger partial charge in [-0.15, -0.1) is 0 Å². The van der Waals surface area contributed by atoms with Crippen LogP contribution >= 0.6 is 0 Å². The molecule has 114 valence electrons. The first-order valence-electron chi connectivity index (χ1n) is 7.61. The van der Waals surface area contributed by atoms with Crippen LogP contribution in [0.4, 0.5) is 4.79 Å². The van der Waals surface area contributed by atoms with Gasteiger partial charge in [0.25, 0.3) is 0 Å². The minimum absolute atomic E-state index is 0. The smallest absolute Gasteiger partial charge is 0.405 e. The summed E-state index contributed by atoms with van der Waals surface area (Å²) >= 11 is 0. The van der Waals surface area contributed by atoms with Gasteiger partial charge < -0.3 is 15.4 Å². The zero-order valence-electron chi connectivity index (χ0n) is 12.8. The molecule has 1 saturated heterocycles. The Morgan fingerprint density at radius 2 is 1.63 bits per heavy atom. The molecule has 0 aromatic rings. The summed E-state index contributed by atoms with van der Waals surface area (Å²) in [4.78, 5) is 12.7. The van der Waals surface area contributed by atoms with E-state index in [4.69, 9.17) is 5.73 Å². The topological polar surface area (TPSA) is 55.6 Å². The Morgan fingerprint density at radius 3 is 2.00 bits per heavy atom. The second-order valence-electron chi connectivity index (χ2n) is 6.57. The van der Waals surface area contributed by atoms with E-state index in [2.05, 4.69) is 9.64 Å². The molecular formula is C15H32N2O2. The second-order valence-corrected chi connectivity index (χ2v) is 6.57. The summed E-state index contributed by atoms with van der Waals surface area (Å²) < 4.78 is 4.58. The SMILES string of the molecule is C1CCC(N2CCCC2)CC1.CC(C)(C)OC(N)=O.[HH]. The molecule has 2 N–H and O–H groups in total. The van der Waals surface area contributed by atoms with Crippen molar-refractivity contribution in [2.75, 3.05) is 13.1 Å². The van der Waals surface area contributed by atoms with Crippen LogP contribution in [0.3, 0.4) is 0 Å². The standard InChI is InChI=1S/C10H19N.C5H11NO2.H2/c1-2-6-10(7-3-1)11-8-4-5-9-11;1-5(2,3)8-4(6)7;/h10H,1-9H2;1-3H3,(H2,6,7);1H. The van der Waals surface area contributed by atoms with Crippen molar-refractivity contribution in [1.82, 2.24) is 4.90 Å². The summed E-state index contributed by atoms with van der Waals surface area (Å²) in [7, 11) is 0. The number of rotatable bonds is 1. The van der Waals surface area contributed by atoms with Gasteiger partial charge in [0, 0.05) is 7.47 Å². The summed E-state index contributed by atoms with van der Waals surface area (Å²) in [6.45, 7) is 8.07. The molecule has 0 radical (unpaired) electrons. The lowest BCUT2D eigenvalue weighted by molar-refractivity contribution is 0.0600. The van der Waals surface area contributed by atoms with Gasteiger partial charge in [-0.3, -0.25) is 0 Å². The van der Waals surface area contributed by atoms with Crippen LogP contribution in [-0.2, 0) is 4.74 Å². The minimum Gasteiger partial charge on any atom is -0.444 e. The number of amides is 1. The molecule has 1 aliphatic heterocycles. The van der Waals surface area contributed by atoms with Gasteiger partial charge in [0.15, 0.2) is 0 Å². The second kappa shape index (κ2) is 7.73. The monoisotopic (exact) mass is 272 g/mol. The van der Waals surface area contributed by atoms with Crippen molar-refractivity contribution in [1.29, 1.82) is 0 Å². The van der Waals surface area contributed by atoms with Crippen molar-refractivity contribution in [3.8, 4) is 0 Å². The Morgan fingerprint density at radius 1 is 1.11 bits per heavy atom. The van der Waals surface area contributed by atoms with Crippen molar-refractivity contribution >= 4 is 6.09 Å². The maximum Gasteiger partial charge on any atom is 0.405 e. The van der Waals surface area contributed by atoms with Gasteiger partial charge in [-0.1, -0.05) is 19.3 Å². The molecule has 0 aromatic heterocycles. The number of carbonyl (C=O) groups excluding carboxylic acids is 1. The predicted octanol–water partition coefficient (Wildman–Crippen LogP) is 3.54. The number of hydrogen-bond donors (Lipinski definition) is 1. The van der Waals surface area contributed by atoms with Gasteiger partial charge in [-0.2, -0.15) is 0 Å². The maximum atomic E-state index is 10.0. The van der Waals surface area contributed by atoms with E-state index in [0.29, 0.717) is 0 Å². The molecular weight excluding hydrogens is 240 g/mol. The first kappa shape index (κ1) is 16.3. The third-order valence-corrected chi connectivity index (χ3v) is 3.64. The van der Waals surface area contributed by atoms with E-state index in [1.54, 1.807) is 20.8 Å². The minimum atomic E-state index is -0.725. The lowest BCUT2D eigenvalue weighted by Crippen LogP contribution is -2.34. The third-order valence-electron chi connectivity index (χ3n) is 3.64. The van der Waals surface area contributed by atoms with Crippen LogP contribution in [0.5, 0.6) is 0 Å². The number of hydrogen-bond acceptors (Lipinski definition) is 3. The average molecular weight is 272 g/mol. The van der Waals surface area contributed by atoms with Crippen LogP contribution in [0.1, 0.15) is 67.1 Å². The highest BCUT2D eigenvalue weighted by molar-refractivity contribution is 5.65. The molecule has 0 aromatic carbocycles. The first-order chi connectivity index (χ1) is 8.88. The quantitative estimate of drug-likeness (QED) is 0.794. The molecule has 1 amide bonds. The molecule has 4 heteroatoms. The molecule has 19 heavy (non-hydrogen) atoms. The fourth-order valence-electron chi connectivity index (χ4n) is 2.85. The van der Waals surface area contributed by atoms with Crippen LogP contribution in [0.25, 0.3) is 0 Å². The molecule has 0 atom stereocenters. The van der Waals surface area contributed by atoms with E-state index in [0.717, 1.165) is 6.04 Å². The van der Waals surface area contributed by atoms with E-state index in [1.807, 2.05) is 0 Å². The molecule has 1 aliphatic carbocycles. The summed E-state index contributed by atoms with van der Waals surface area (Å²) in [5, 5.41) is 0. The number of likely N-dealkylation sites (tertiary alicyclic amines) is 1. The van der Waals surface area contributed by atoms with Crippen LogP contribution in [0.2, 0.25) is 0 Å². The zero-order valence-corrected chi connectivity index (χ0v) is 12.8. The predicted molar refractivity (Wildman–Crippen MR) is 80.2 cm³/mol. The zero-order chi connectivity index (χ0) is 14.3. The summed E-state index contributed by atoms with van der Waals surface area (Å²) in [5.41, 5.74) is 4.26. The molecule has 4 nitrogen and oxygen atoms in total. The van der Waals surface area contributed by atoms with E-state index < -0.39 is 11.7 Å². The summed E-state index contributed by atoms with van der Waals surface area (Å²) in [6.07, 6.45) is 9.62. The average Bonchev–Trinajstić information content (AvgIpc) is 2.81. The number of nitrogens with zero attached hydrogens (tertiary/aromatic N) is 1. The Labute approximate surface area is 119 Å². The Balaban J connectivity index is 0.000000364. The van der Waals surface area contributed by atoms with Gasteiger partial charge in [0.05, 0.1) is 0 Å². The molecule has 1 saturated carbocycles. The highest BCUT2D eigenvalue weighted by Crippen LogP contribution is 2.25. The fraction of sp³-hybridized carbons (Fsp3) is 0.933. The van der Waals surface area contributed by atoms with Crippen molar-refractivity contribution in [2.45, 2.75) is 77.4 Å². The summed E-state index contributed by atoms with van der Waals surface area (Å²) in [5.74, 6) is 0. The molecule has 2 rings (SSSR count). The number of nitrogens with two attached hydrogens (primary N) is 1. The number of primary amides is 1. The molecule has 0 unspecified atom stereocenters. The van der Waals surface area contributed by atoms with Crippen LogP contribution < -0.4 is 5.73 Å². The van der Waals surface area contributed by atoms with E-state index in [1.165, 1.54) is 58.0 Å². The van der Waals surface area contributed by atoms with Crippen molar-refractivity contribution in [3.63, 3.8) is 0 Å². The summed E-state index contributed by atoms with van der Waals surface area (Å²) in [6, 6.07) is 0.978. The lowest BCUT2D eigenvalue weighted by atomic mass is 9.94. The molecule has 0 bridgehead atoms. The molecule has 0 spiro atoms. The van der Waals surface area contributed by atoms with Gasteiger partial charge in [0.1, 0.15) is 5.60 Å². The highest BCUT2D eigenvalue weighted by atomic mass is 16.6. The number of ether oxygens (including phenoxy) is 1. The van der Waals surface area contributed by atoms with Crippen molar-refractivity contribution in [3.05, 3.63) is 0 Å². The third kappa shape index (κ3) is 7.41. The normalized spacial score (nSPS) is 21.6. The van der Waals surface area contributed by atoms with Crippen LogP contribution in [0, 0.1) is 0 Å². The van der Waals surface area contributed by atoms with E-state index in [-0.39, 0.29) is 1.43 Å². The van der Waals surface area contributed by atoms with Gasteiger partial charge in [-0.05, 0) is 59.5 Å². The molecule has 2 fully saturated rings. The lowest BCUT2D eigenvalue weighted by Gasteiger charge is -2.30. The molecule has 2 aliphatic rings. The Kier molecular flexibility index (Phi) is 6.63. The van der Waals surface area contributed by atoms with Crippen LogP contribution in [-0.4, -0.2) is 35.7 Å². The Bertz CT molecular complexity index is 268. The number of carbonyl (C=O) groups is 1. The largest absolute Gasteiger partial charge is 0.444 e. The van der Waals surface area contributed by atoms with Gasteiger partial charge in [-0.25, -0.2) is 4.79 Å². The van der Waals surface area contributed by atoms with Gasteiger partial charge >= 0.3 is 6.09 Å². The van der Waals surface area contributed by atoms with Crippen LogP contribution in [0.15, 0.2) is 0 Å². The van der Waals surface area contributed by atoms with Crippen molar-refractivity contribution in [2.24, 2.45) is 5.73 Å². The van der Waals surface area contributed by atoms with Gasteiger partial charge in [0.2, 0.25) is 0 Å². The fourth-order valence-corrected chi connectivity index (χ4v) is 2.85. The molecule has 1 heterocycles. The van der Waals surface area contributed by atoms with Crippen molar-refractivity contribution < 1.29 is 11.0 Å². The first-order valence-corrected chi connectivity index (χ1v) is 7.61. The Hall–Kier alpha value is -0.770. The maximum absolute atomic E-state index is 10.0.